The lowest BCUT2D eigenvalue weighted by Gasteiger charge is -2.48. The van der Waals surface area contributed by atoms with Gasteiger partial charge in [0.05, 0.1) is 17.9 Å². The molecule has 1 aromatic heterocycles. The van der Waals surface area contributed by atoms with Gasteiger partial charge in [0, 0.05) is 67.3 Å². The van der Waals surface area contributed by atoms with E-state index in [2.05, 4.69) is 93.6 Å². The van der Waals surface area contributed by atoms with Crippen molar-refractivity contribution in [1.29, 1.82) is 0 Å². The molecule has 5 nitrogen and oxygen atoms in total. The first-order valence-corrected chi connectivity index (χ1v) is 11.8. The van der Waals surface area contributed by atoms with Crippen molar-refractivity contribution in [3.05, 3.63) is 73.1 Å². The predicted molar refractivity (Wildman–Crippen MR) is 131 cm³/mol. The minimum absolute atomic E-state index is 0.671. The summed E-state index contributed by atoms with van der Waals surface area (Å²) >= 11 is 0. The van der Waals surface area contributed by atoms with E-state index in [1.807, 2.05) is 6.07 Å². The van der Waals surface area contributed by atoms with E-state index < -0.39 is 0 Å². The summed E-state index contributed by atoms with van der Waals surface area (Å²) in [6.07, 6.45) is 7.09. The van der Waals surface area contributed by atoms with Gasteiger partial charge in [-0.2, -0.15) is 0 Å². The zero-order valence-corrected chi connectivity index (χ0v) is 18.8. The number of rotatable bonds is 4. The summed E-state index contributed by atoms with van der Waals surface area (Å²) in [5.41, 5.74) is 4.45. The van der Waals surface area contributed by atoms with Gasteiger partial charge in [0.1, 0.15) is 0 Å². The van der Waals surface area contributed by atoms with Crippen LogP contribution in [0.15, 0.2) is 73.1 Å². The zero-order valence-electron chi connectivity index (χ0n) is 18.8. The van der Waals surface area contributed by atoms with Crippen molar-refractivity contribution in [2.75, 3.05) is 44.8 Å². The molecule has 0 spiro atoms. The number of anilines is 1. The molecule has 6 rings (SSSR count). The predicted octanol–water partition coefficient (Wildman–Crippen LogP) is 4.23. The van der Waals surface area contributed by atoms with Crippen LogP contribution in [0.3, 0.4) is 0 Å². The summed E-state index contributed by atoms with van der Waals surface area (Å²) in [4.78, 5) is 15.0. The van der Waals surface area contributed by atoms with Gasteiger partial charge in [0.25, 0.3) is 0 Å². The molecule has 2 aromatic carbocycles. The molecule has 3 aliphatic rings. The first kappa shape index (κ1) is 19.8. The monoisotopic (exact) mass is 425 g/mol. The van der Waals surface area contributed by atoms with Crippen molar-refractivity contribution in [3.63, 3.8) is 0 Å². The van der Waals surface area contributed by atoms with Gasteiger partial charge in [-0.3, -0.25) is 4.90 Å². The van der Waals surface area contributed by atoms with Gasteiger partial charge < -0.3 is 14.7 Å². The minimum Gasteiger partial charge on any atom is -0.355 e. The second-order valence-corrected chi connectivity index (χ2v) is 9.48. The SMILES string of the molecule is CN1CCN(C2CC(N3C=CN(c4ccc5ccc(-c6ccccc6)nc5c4)C3)C2)CC1. The third-order valence-corrected chi connectivity index (χ3v) is 7.44. The van der Waals surface area contributed by atoms with Crippen LogP contribution in [0.5, 0.6) is 0 Å². The summed E-state index contributed by atoms with van der Waals surface area (Å²) in [7, 11) is 2.23. The fourth-order valence-electron chi connectivity index (χ4n) is 5.21. The highest BCUT2D eigenvalue weighted by molar-refractivity contribution is 5.85. The molecule has 1 aliphatic carbocycles. The quantitative estimate of drug-likeness (QED) is 0.623. The van der Waals surface area contributed by atoms with E-state index in [9.17, 15) is 0 Å². The summed E-state index contributed by atoms with van der Waals surface area (Å²) in [5.74, 6) is 0. The smallest absolute Gasteiger partial charge is 0.0944 e. The average Bonchev–Trinajstić information content (AvgIpc) is 3.29. The van der Waals surface area contributed by atoms with Crippen molar-refractivity contribution in [3.8, 4) is 11.3 Å². The average molecular weight is 426 g/mol. The number of fused-ring (bicyclic) bond motifs is 1. The van der Waals surface area contributed by atoms with E-state index in [0.717, 1.165) is 29.5 Å². The molecule has 0 amide bonds. The number of hydrogen-bond acceptors (Lipinski definition) is 5. The molecule has 0 unspecified atom stereocenters. The highest BCUT2D eigenvalue weighted by Crippen LogP contribution is 2.34. The number of pyridine rings is 1. The molecule has 3 heterocycles. The van der Waals surface area contributed by atoms with Gasteiger partial charge >= 0.3 is 0 Å². The topological polar surface area (TPSA) is 25.9 Å². The Morgan fingerprint density at radius 2 is 1.59 bits per heavy atom. The van der Waals surface area contributed by atoms with Crippen LogP contribution in [0.1, 0.15) is 12.8 Å². The number of aromatic nitrogens is 1. The van der Waals surface area contributed by atoms with Crippen molar-refractivity contribution in [2.45, 2.75) is 24.9 Å². The highest BCUT2D eigenvalue weighted by atomic mass is 15.4. The highest BCUT2D eigenvalue weighted by Gasteiger charge is 2.38. The Labute approximate surface area is 190 Å². The Kier molecular flexibility index (Phi) is 5.08. The van der Waals surface area contributed by atoms with Crippen LogP contribution >= 0.6 is 0 Å². The van der Waals surface area contributed by atoms with Crippen molar-refractivity contribution < 1.29 is 0 Å². The van der Waals surface area contributed by atoms with Gasteiger partial charge in [-0.05, 0) is 38.1 Å². The number of hydrogen-bond donors (Lipinski definition) is 0. The zero-order chi connectivity index (χ0) is 21.5. The van der Waals surface area contributed by atoms with Crippen LogP contribution in [0.4, 0.5) is 5.69 Å². The summed E-state index contributed by atoms with van der Waals surface area (Å²) < 4.78 is 0. The van der Waals surface area contributed by atoms with Crippen molar-refractivity contribution >= 4 is 16.6 Å². The first-order valence-electron chi connectivity index (χ1n) is 11.8. The molecule has 5 heteroatoms. The third-order valence-electron chi connectivity index (χ3n) is 7.44. The van der Waals surface area contributed by atoms with Crippen LogP contribution in [0, 0.1) is 0 Å². The number of piperazine rings is 1. The van der Waals surface area contributed by atoms with Crippen LogP contribution in [-0.2, 0) is 0 Å². The fraction of sp³-hybridized carbons (Fsp3) is 0.370. The van der Waals surface area contributed by atoms with Crippen LogP contribution in [0.25, 0.3) is 22.2 Å². The van der Waals surface area contributed by atoms with Crippen LogP contribution in [0.2, 0.25) is 0 Å². The normalized spacial score (nSPS) is 24.3. The lowest BCUT2D eigenvalue weighted by atomic mass is 9.84. The molecule has 2 aliphatic heterocycles. The lowest BCUT2D eigenvalue weighted by Crippen LogP contribution is -2.57. The van der Waals surface area contributed by atoms with E-state index in [-0.39, 0.29) is 0 Å². The van der Waals surface area contributed by atoms with Crippen LogP contribution < -0.4 is 4.90 Å². The molecule has 1 saturated carbocycles. The second-order valence-electron chi connectivity index (χ2n) is 9.48. The molecule has 1 saturated heterocycles. The van der Waals surface area contributed by atoms with Crippen molar-refractivity contribution in [1.82, 2.24) is 19.7 Å². The van der Waals surface area contributed by atoms with E-state index in [4.69, 9.17) is 4.98 Å². The van der Waals surface area contributed by atoms with E-state index in [1.54, 1.807) is 0 Å². The minimum atomic E-state index is 0.671. The molecular formula is C27H31N5. The molecule has 164 valence electrons. The number of likely N-dealkylation sites (N-methyl/N-ethyl adjacent to an activating group) is 1. The Bertz CT molecular complexity index is 1110. The van der Waals surface area contributed by atoms with E-state index in [0.29, 0.717) is 6.04 Å². The van der Waals surface area contributed by atoms with E-state index in [1.165, 1.54) is 50.1 Å². The molecule has 0 bridgehead atoms. The number of benzene rings is 2. The molecule has 0 N–H and O–H groups in total. The maximum absolute atomic E-state index is 4.95. The summed E-state index contributed by atoms with van der Waals surface area (Å²) in [5, 5.41) is 1.18. The van der Waals surface area contributed by atoms with Gasteiger partial charge in [-0.25, -0.2) is 4.98 Å². The largest absolute Gasteiger partial charge is 0.355 e. The Morgan fingerprint density at radius 3 is 2.41 bits per heavy atom. The summed E-state index contributed by atoms with van der Waals surface area (Å²) in [6.45, 7) is 5.81. The molecule has 0 atom stereocenters. The Balaban J connectivity index is 1.12. The van der Waals surface area contributed by atoms with Crippen LogP contribution in [-0.4, -0.2) is 71.7 Å². The van der Waals surface area contributed by atoms with Gasteiger partial charge in [0.2, 0.25) is 0 Å². The standard InChI is InChI=1S/C27H31N5/c1-29-11-13-30(14-12-29)24-17-25(18-24)32-16-15-31(20-32)23-9-7-22-8-10-26(28-27(22)19-23)21-5-3-2-4-6-21/h2-10,15-16,19,24-25H,11-14,17-18,20H2,1H3. The lowest BCUT2D eigenvalue weighted by molar-refractivity contribution is 0.0263. The van der Waals surface area contributed by atoms with E-state index >= 15 is 0 Å². The van der Waals surface area contributed by atoms with Gasteiger partial charge in [-0.1, -0.05) is 42.5 Å². The maximum Gasteiger partial charge on any atom is 0.0944 e. The summed E-state index contributed by atoms with van der Waals surface area (Å²) in [6, 6.07) is 22.8. The first-order chi connectivity index (χ1) is 15.7. The fourth-order valence-corrected chi connectivity index (χ4v) is 5.21. The van der Waals surface area contributed by atoms with Gasteiger partial charge in [0.15, 0.2) is 0 Å². The molecular weight excluding hydrogens is 394 g/mol. The van der Waals surface area contributed by atoms with Gasteiger partial charge in [-0.15, -0.1) is 0 Å². The molecule has 32 heavy (non-hydrogen) atoms. The molecule has 0 radical (unpaired) electrons. The molecule has 3 aromatic rings. The number of nitrogens with zero attached hydrogens (tertiary/aromatic N) is 5. The Morgan fingerprint density at radius 1 is 0.812 bits per heavy atom. The second kappa shape index (κ2) is 8.23. The molecule has 2 fully saturated rings. The van der Waals surface area contributed by atoms with Crippen molar-refractivity contribution in [2.24, 2.45) is 0 Å². The third kappa shape index (κ3) is 3.76. The maximum atomic E-state index is 4.95. The Hall–Kier alpha value is -2.89.